The minimum absolute atomic E-state index is 0.0710. The highest BCUT2D eigenvalue weighted by atomic mass is 35.5. The molecule has 26 heavy (non-hydrogen) atoms. The minimum atomic E-state index is -0.956. The Hall–Kier alpha value is -1.82. The first-order valence-electron chi connectivity index (χ1n) is 8.10. The summed E-state index contributed by atoms with van der Waals surface area (Å²) in [6, 6.07) is 6.35. The van der Waals surface area contributed by atoms with Crippen molar-refractivity contribution in [3.05, 3.63) is 62.4 Å². The van der Waals surface area contributed by atoms with E-state index in [1.807, 2.05) is 0 Å². The number of halogens is 3. The van der Waals surface area contributed by atoms with Gasteiger partial charge >= 0.3 is 5.97 Å². The molecule has 2 aromatic rings. The molecule has 0 aliphatic carbocycles. The smallest absolute Gasteiger partial charge is 0.317 e. The summed E-state index contributed by atoms with van der Waals surface area (Å²) in [6.07, 6.45) is 0.187. The molecule has 0 spiro atoms. The first kappa shape index (κ1) is 20.5. The highest BCUT2D eigenvalue weighted by molar-refractivity contribution is 6.36. The predicted molar refractivity (Wildman–Crippen MR) is 101 cm³/mol. The van der Waals surface area contributed by atoms with E-state index in [0.717, 1.165) is 5.56 Å². The van der Waals surface area contributed by atoms with Crippen LogP contribution in [0, 0.1) is 5.82 Å². The number of carbonyl (C=O) groups is 1. The Bertz CT molecular complexity index is 802. The maximum Gasteiger partial charge on any atom is 0.317 e. The van der Waals surface area contributed by atoms with Gasteiger partial charge in [-0.1, -0.05) is 43.1 Å². The molecule has 2 aromatic carbocycles. The number of aliphatic carboxylic acids is 1. The lowest BCUT2D eigenvalue weighted by Crippen LogP contribution is -2.21. The SMILES string of the molecule is CC(C)c1c(O)ccc(Cc2c(Cl)cc(CNCC(=O)O)cc2Cl)c1F. The molecule has 0 saturated carbocycles. The zero-order valence-corrected chi connectivity index (χ0v) is 16.0. The van der Waals surface area contributed by atoms with Gasteiger partial charge in [-0.3, -0.25) is 4.79 Å². The molecule has 0 aliphatic rings. The van der Waals surface area contributed by atoms with Gasteiger partial charge in [-0.25, -0.2) is 4.39 Å². The number of hydrogen-bond acceptors (Lipinski definition) is 3. The molecule has 0 aromatic heterocycles. The van der Waals surface area contributed by atoms with Crippen LogP contribution in [-0.2, 0) is 17.8 Å². The van der Waals surface area contributed by atoms with Crippen LogP contribution in [0.4, 0.5) is 4.39 Å². The lowest BCUT2D eigenvalue weighted by Gasteiger charge is -2.15. The number of phenols is 1. The summed E-state index contributed by atoms with van der Waals surface area (Å²) < 4.78 is 14.7. The summed E-state index contributed by atoms with van der Waals surface area (Å²) in [4.78, 5) is 10.5. The highest BCUT2D eigenvalue weighted by Gasteiger charge is 2.18. The van der Waals surface area contributed by atoms with Crippen LogP contribution >= 0.6 is 23.2 Å². The van der Waals surface area contributed by atoms with E-state index in [2.05, 4.69) is 5.32 Å². The van der Waals surface area contributed by atoms with Crippen molar-refractivity contribution in [1.29, 1.82) is 0 Å². The van der Waals surface area contributed by atoms with Gasteiger partial charge in [-0.15, -0.1) is 0 Å². The maximum absolute atomic E-state index is 14.7. The summed E-state index contributed by atoms with van der Waals surface area (Å²) in [5, 5.41) is 22.0. The molecule has 0 saturated heterocycles. The second kappa shape index (κ2) is 8.71. The molecule has 0 radical (unpaired) electrons. The number of carboxylic acids is 1. The van der Waals surface area contributed by atoms with E-state index in [1.165, 1.54) is 12.1 Å². The fraction of sp³-hybridized carbons (Fsp3) is 0.316. The molecular formula is C19H20Cl2FNO3. The average molecular weight is 400 g/mol. The lowest BCUT2D eigenvalue weighted by atomic mass is 9.95. The van der Waals surface area contributed by atoms with Crippen LogP contribution in [-0.4, -0.2) is 22.7 Å². The quantitative estimate of drug-likeness (QED) is 0.629. The molecule has 0 amide bonds. The fourth-order valence-corrected chi connectivity index (χ4v) is 3.41. The first-order chi connectivity index (χ1) is 12.2. The Morgan fingerprint density at radius 2 is 1.85 bits per heavy atom. The third-order valence-electron chi connectivity index (χ3n) is 3.99. The maximum atomic E-state index is 14.7. The topological polar surface area (TPSA) is 69.6 Å². The standard InChI is InChI=1S/C19H20Cl2FNO3/c1-10(2)18-16(24)4-3-12(19(18)22)7-13-14(20)5-11(6-15(13)21)8-23-9-17(25)26/h3-6,10,23-24H,7-9H2,1-2H3,(H,25,26). The summed E-state index contributed by atoms with van der Waals surface area (Å²) in [5.41, 5.74) is 1.98. The summed E-state index contributed by atoms with van der Waals surface area (Å²) in [5.74, 6) is -1.65. The normalized spacial score (nSPS) is 11.2. The Morgan fingerprint density at radius 1 is 1.23 bits per heavy atom. The van der Waals surface area contributed by atoms with E-state index in [4.69, 9.17) is 28.3 Å². The van der Waals surface area contributed by atoms with E-state index in [9.17, 15) is 14.3 Å². The van der Waals surface area contributed by atoms with E-state index < -0.39 is 11.8 Å². The van der Waals surface area contributed by atoms with Gasteiger partial charge in [0.05, 0.1) is 6.54 Å². The van der Waals surface area contributed by atoms with E-state index in [1.54, 1.807) is 26.0 Å². The number of phenolic OH excluding ortho intramolecular Hbond substituents is 1. The van der Waals surface area contributed by atoms with Crippen LogP contribution in [0.5, 0.6) is 5.75 Å². The van der Waals surface area contributed by atoms with Crippen LogP contribution in [0.1, 0.15) is 42.0 Å². The first-order valence-corrected chi connectivity index (χ1v) is 8.85. The van der Waals surface area contributed by atoms with E-state index in [0.29, 0.717) is 27.7 Å². The number of aromatic hydroxyl groups is 1. The molecule has 3 N–H and O–H groups in total. The van der Waals surface area contributed by atoms with Gasteiger partial charge in [0, 0.05) is 28.6 Å². The summed E-state index contributed by atoms with van der Waals surface area (Å²) in [6.45, 7) is 3.74. The molecule has 0 unspecified atom stereocenters. The lowest BCUT2D eigenvalue weighted by molar-refractivity contribution is -0.135. The number of carboxylic acid groups (broad SMARTS) is 1. The third kappa shape index (κ3) is 4.87. The van der Waals surface area contributed by atoms with Crippen LogP contribution in [0.25, 0.3) is 0 Å². The van der Waals surface area contributed by atoms with Crippen molar-refractivity contribution in [2.24, 2.45) is 0 Å². The summed E-state index contributed by atoms with van der Waals surface area (Å²) >= 11 is 12.6. The Balaban J connectivity index is 2.28. The molecule has 140 valence electrons. The molecule has 7 heteroatoms. The van der Waals surface area contributed by atoms with E-state index >= 15 is 0 Å². The Kier molecular flexibility index (Phi) is 6.87. The van der Waals surface area contributed by atoms with Gasteiger partial charge in [0.2, 0.25) is 0 Å². The van der Waals surface area contributed by atoms with Crippen molar-refractivity contribution in [2.45, 2.75) is 32.7 Å². The molecule has 0 heterocycles. The van der Waals surface area contributed by atoms with Crippen LogP contribution in [0.15, 0.2) is 24.3 Å². The largest absolute Gasteiger partial charge is 0.508 e. The zero-order valence-electron chi connectivity index (χ0n) is 14.4. The number of nitrogens with one attached hydrogen (secondary N) is 1. The van der Waals surface area contributed by atoms with Crippen LogP contribution in [0.3, 0.4) is 0 Å². The minimum Gasteiger partial charge on any atom is -0.508 e. The highest BCUT2D eigenvalue weighted by Crippen LogP contribution is 2.34. The van der Waals surface area contributed by atoms with Gasteiger partial charge < -0.3 is 15.5 Å². The molecule has 0 bridgehead atoms. The van der Waals surface area contributed by atoms with Crippen molar-refractivity contribution < 1.29 is 19.4 Å². The molecule has 0 atom stereocenters. The van der Waals surface area contributed by atoms with E-state index in [-0.39, 0.29) is 30.2 Å². The monoisotopic (exact) mass is 399 g/mol. The number of benzene rings is 2. The van der Waals surface area contributed by atoms with Crippen LogP contribution < -0.4 is 5.32 Å². The molecule has 4 nitrogen and oxygen atoms in total. The predicted octanol–water partition coefficient (Wildman–Crippen LogP) is 4.73. The third-order valence-corrected chi connectivity index (χ3v) is 4.66. The number of rotatable bonds is 7. The zero-order chi connectivity index (χ0) is 19.4. The second-order valence-corrected chi connectivity index (χ2v) is 7.15. The second-order valence-electron chi connectivity index (χ2n) is 6.34. The van der Waals surface area contributed by atoms with Gasteiger partial charge in [0.1, 0.15) is 11.6 Å². The van der Waals surface area contributed by atoms with Gasteiger partial charge in [0.15, 0.2) is 0 Å². The van der Waals surface area contributed by atoms with Gasteiger partial charge in [0.25, 0.3) is 0 Å². The van der Waals surface area contributed by atoms with Crippen molar-refractivity contribution in [1.82, 2.24) is 5.32 Å². The fourth-order valence-electron chi connectivity index (χ4n) is 2.74. The van der Waals surface area contributed by atoms with Crippen LogP contribution in [0.2, 0.25) is 10.0 Å². The Morgan fingerprint density at radius 3 is 2.38 bits per heavy atom. The van der Waals surface area contributed by atoms with Gasteiger partial charge in [-0.05, 0) is 40.8 Å². The molecular weight excluding hydrogens is 380 g/mol. The van der Waals surface area contributed by atoms with Crippen molar-refractivity contribution in [3.63, 3.8) is 0 Å². The van der Waals surface area contributed by atoms with Crippen molar-refractivity contribution >= 4 is 29.2 Å². The molecule has 2 rings (SSSR count). The number of hydrogen-bond donors (Lipinski definition) is 3. The summed E-state index contributed by atoms with van der Waals surface area (Å²) in [7, 11) is 0. The van der Waals surface area contributed by atoms with Crippen molar-refractivity contribution in [2.75, 3.05) is 6.54 Å². The molecule has 0 aliphatic heterocycles. The Labute approximate surface area is 161 Å². The average Bonchev–Trinajstić information content (AvgIpc) is 2.52. The molecule has 0 fully saturated rings. The van der Waals surface area contributed by atoms with Crippen molar-refractivity contribution in [3.8, 4) is 5.75 Å². The van der Waals surface area contributed by atoms with Gasteiger partial charge in [-0.2, -0.15) is 0 Å².